The lowest BCUT2D eigenvalue weighted by molar-refractivity contribution is -0.116. The van der Waals surface area contributed by atoms with Gasteiger partial charge < -0.3 is 4.74 Å². The molecule has 1 amide bonds. The van der Waals surface area contributed by atoms with E-state index in [4.69, 9.17) is 10.6 Å². The summed E-state index contributed by atoms with van der Waals surface area (Å²) >= 11 is 3.43. The summed E-state index contributed by atoms with van der Waals surface area (Å²) in [6.07, 6.45) is 3.05. The number of benzene rings is 2. The first-order valence-corrected chi connectivity index (χ1v) is 7.12. The van der Waals surface area contributed by atoms with Gasteiger partial charge in [0, 0.05) is 10.5 Å². The van der Waals surface area contributed by atoms with Crippen molar-refractivity contribution < 1.29 is 9.53 Å². The highest BCUT2D eigenvalue weighted by Crippen LogP contribution is 2.17. The zero-order chi connectivity index (χ0) is 15.1. The van der Waals surface area contributed by atoms with Gasteiger partial charge in [0.05, 0.1) is 0 Å². The fraction of sp³-hybridized carbons (Fsp3) is 0.0625. The summed E-state index contributed by atoms with van der Waals surface area (Å²) < 4.78 is 6.73. The highest BCUT2D eigenvalue weighted by molar-refractivity contribution is 9.10. The van der Waals surface area contributed by atoms with Crippen LogP contribution in [0.15, 0.2) is 59.1 Å². The topological polar surface area (TPSA) is 64.3 Å². The van der Waals surface area contributed by atoms with Crippen molar-refractivity contribution >= 4 is 27.9 Å². The van der Waals surface area contributed by atoms with Gasteiger partial charge in [0.1, 0.15) is 12.4 Å². The van der Waals surface area contributed by atoms with Gasteiger partial charge in [0.15, 0.2) is 0 Å². The maximum Gasteiger partial charge on any atom is 0.257 e. The zero-order valence-electron chi connectivity index (χ0n) is 11.3. The molecular weight excluding hydrogens is 332 g/mol. The largest absolute Gasteiger partial charge is 0.489 e. The van der Waals surface area contributed by atoms with Crippen LogP contribution in [-0.4, -0.2) is 5.91 Å². The molecule has 0 aliphatic rings. The molecular formula is C16H15BrN2O2. The van der Waals surface area contributed by atoms with E-state index < -0.39 is 0 Å². The van der Waals surface area contributed by atoms with Crippen molar-refractivity contribution in [3.63, 3.8) is 0 Å². The standard InChI is InChI=1S/C16H15BrN2O2/c17-14-3-1-2-13(10-14)11-21-15-7-4-12(5-8-15)6-9-16(20)19-18/h1-10H,11,18H2,(H,19,20)/b9-6+. The molecule has 4 nitrogen and oxygen atoms in total. The number of rotatable bonds is 5. The number of carbonyl (C=O) groups excluding carboxylic acids is 1. The van der Waals surface area contributed by atoms with E-state index in [-0.39, 0.29) is 5.91 Å². The van der Waals surface area contributed by atoms with Gasteiger partial charge in [0.2, 0.25) is 0 Å². The first kappa shape index (κ1) is 15.3. The molecule has 108 valence electrons. The van der Waals surface area contributed by atoms with E-state index in [0.717, 1.165) is 21.3 Å². The summed E-state index contributed by atoms with van der Waals surface area (Å²) in [6.45, 7) is 0.504. The lowest BCUT2D eigenvalue weighted by Gasteiger charge is -2.07. The van der Waals surface area contributed by atoms with Crippen LogP contribution in [0.3, 0.4) is 0 Å². The highest BCUT2D eigenvalue weighted by Gasteiger charge is 1.97. The number of ether oxygens (including phenoxy) is 1. The molecule has 2 aromatic carbocycles. The van der Waals surface area contributed by atoms with Crippen molar-refractivity contribution in [2.45, 2.75) is 6.61 Å². The van der Waals surface area contributed by atoms with Crippen LogP contribution in [0.1, 0.15) is 11.1 Å². The Kier molecular flexibility index (Phi) is 5.54. The Hall–Kier alpha value is -2.11. The van der Waals surface area contributed by atoms with E-state index in [1.54, 1.807) is 6.08 Å². The number of hydrogen-bond donors (Lipinski definition) is 2. The third-order valence-electron chi connectivity index (χ3n) is 2.74. The Morgan fingerprint density at radius 2 is 2.00 bits per heavy atom. The van der Waals surface area contributed by atoms with E-state index >= 15 is 0 Å². The Balaban J connectivity index is 1.93. The zero-order valence-corrected chi connectivity index (χ0v) is 12.8. The second-order valence-corrected chi connectivity index (χ2v) is 5.25. The van der Waals surface area contributed by atoms with E-state index in [1.165, 1.54) is 6.08 Å². The third kappa shape index (κ3) is 5.06. The maximum atomic E-state index is 11.0. The van der Waals surface area contributed by atoms with Crippen molar-refractivity contribution in [3.8, 4) is 5.75 Å². The predicted octanol–water partition coefficient (Wildman–Crippen LogP) is 3.03. The lowest BCUT2D eigenvalue weighted by atomic mass is 10.2. The Labute approximate surface area is 131 Å². The average Bonchev–Trinajstić information content (AvgIpc) is 2.51. The minimum Gasteiger partial charge on any atom is -0.489 e. The molecule has 2 aromatic rings. The summed E-state index contributed by atoms with van der Waals surface area (Å²) in [4.78, 5) is 11.0. The maximum absolute atomic E-state index is 11.0. The van der Waals surface area contributed by atoms with Crippen LogP contribution in [0.2, 0.25) is 0 Å². The number of nitrogens with one attached hydrogen (secondary N) is 1. The van der Waals surface area contributed by atoms with Gasteiger partial charge in [-0.05, 0) is 41.5 Å². The van der Waals surface area contributed by atoms with Gasteiger partial charge >= 0.3 is 0 Å². The van der Waals surface area contributed by atoms with Crippen LogP contribution in [0.25, 0.3) is 6.08 Å². The van der Waals surface area contributed by atoms with Gasteiger partial charge in [0.25, 0.3) is 5.91 Å². The van der Waals surface area contributed by atoms with Crippen molar-refractivity contribution in [1.29, 1.82) is 0 Å². The average molecular weight is 347 g/mol. The Morgan fingerprint density at radius 1 is 1.24 bits per heavy atom. The molecule has 0 aliphatic carbocycles. The molecule has 0 saturated heterocycles. The first-order valence-electron chi connectivity index (χ1n) is 6.33. The number of nitrogens with two attached hydrogens (primary N) is 1. The summed E-state index contributed by atoms with van der Waals surface area (Å²) in [5.74, 6) is 5.42. The van der Waals surface area contributed by atoms with Crippen LogP contribution in [-0.2, 0) is 11.4 Å². The highest BCUT2D eigenvalue weighted by atomic mass is 79.9. The minimum atomic E-state index is -0.343. The third-order valence-corrected chi connectivity index (χ3v) is 3.24. The fourth-order valence-corrected chi connectivity index (χ4v) is 2.14. The number of hydrazine groups is 1. The van der Waals surface area contributed by atoms with Gasteiger partial charge in [-0.15, -0.1) is 0 Å². The summed E-state index contributed by atoms with van der Waals surface area (Å²) in [5.41, 5.74) is 4.02. The van der Waals surface area contributed by atoms with Crippen molar-refractivity contribution in [1.82, 2.24) is 5.43 Å². The first-order chi connectivity index (χ1) is 10.2. The Morgan fingerprint density at radius 3 is 2.67 bits per heavy atom. The number of amides is 1. The van der Waals surface area contributed by atoms with Gasteiger partial charge in [-0.2, -0.15) is 0 Å². The van der Waals surface area contributed by atoms with Crippen LogP contribution < -0.4 is 16.0 Å². The summed E-state index contributed by atoms with van der Waals surface area (Å²) in [6, 6.07) is 15.4. The van der Waals surface area contributed by atoms with Crippen LogP contribution >= 0.6 is 15.9 Å². The van der Waals surface area contributed by atoms with Crippen molar-refractivity contribution in [3.05, 3.63) is 70.2 Å². The number of hydrogen-bond acceptors (Lipinski definition) is 3. The molecule has 0 aliphatic heterocycles. The molecule has 0 atom stereocenters. The number of carbonyl (C=O) groups is 1. The predicted molar refractivity (Wildman–Crippen MR) is 86.3 cm³/mol. The molecule has 0 unspecified atom stereocenters. The monoisotopic (exact) mass is 346 g/mol. The molecule has 0 heterocycles. The van der Waals surface area contributed by atoms with E-state index in [1.807, 2.05) is 54.0 Å². The molecule has 0 fully saturated rings. The SMILES string of the molecule is NNC(=O)/C=C/c1ccc(OCc2cccc(Br)c2)cc1. The second kappa shape index (κ2) is 7.61. The fourth-order valence-electron chi connectivity index (χ4n) is 1.69. The molecule has 0 spiro atoms. The minimum absolute atomic E-state index is 0.343. The van der Waals surface area contributed by atoms with Crippen LogP contribution in [0.5, 0.6) is 5.75 Å². The summed E-state index contributed by atoms with van der Waals surface area (Å²) in [5, 5.41) is 0. The molecule has 0 bridgehead atoms. The van der Waals surface area contributed by atoms with Gasteiger partial charge in [-0.3, -0.25) is 10.2 Å². The van der Waals surface area contributed by atoms with Crippen LogP contribution in [0.4, 0.5) is 0 Å². The normalized spacial score (nSPS) is 10.6. The summed E-state index contributed by atoms with van der Waals surface area (Å²) in [7, 11) is 0. The molecule has 2 rings (SSSR count). The van der Waals surface area contributed by atoms with Gasteiger partial charge in [-0.25, -0.2) is 5.84 Å². The van der Waals surface area contributed by atoms with E-state index in [2.05, 4.69) is 15.9 Å². The second-order valence-electron chi connectivity index (χ2n) is 4.33. The quantitative estimate of drug-likeness (QED) is 0.378. The molecule has 0 radical (unpaired) electrons. The molecule has 21 heavy (non-hydrogen) atoms. The van der Waals surface area contributed by atoms with Crippen molar-refractivity contribution in [2.75, 3.05) is 0 Å². The lowest BCUT2D eigenvalue weighted by Crippen LogP contribution is -2.27. The van der Waals surface area contributed by atoms with Crippen molar-refractivity contribution in [2.24, 2.45) is 5.84 Å². The van der Waals surface area contributed by atoms with Gasteiger partial charge in [-0.1, -0.05) is 40.2 Å². The molecule has 0 saturated carbocycles. The van der Waals surface area contributed by atoms with Crippen LogP contribution in [0, 0.1) is 0 Å². The molecule has 3 N–H and O–H groups in total. The van der Waals surface area contributed by atoms with E-state index in [9.17, 15) is 4.79 Å². The Bertz CT molecular complexity index is 639. The molecule has 5 heteroatoms. The van der Waals surface area contributed by atoms with E-state index in [0.29, 0.717) is 6.61 Å². The molecule has 0 aromatic heterocycles. The number of halogens is 1. The smallest absolute Gasteiger partial charge is 0.257 e.